The molecule has 1 nitrogen and oxygen atoms in total. The van der Waals surface area contributed by atoms with Gasteiger partial charge in [-0.3, -0.25) is 4.98 Å². The first-order valence-corrected chi connectivity index (χ1v) is 7.85. The van der Waals surface area contributed by atoms with Gasteiger partial charge < -0.3 is 0 Å². The average molecular weight is 259 g/mol. The molecule has 1 rings (SSSR count). The number of hydrogen-bond acceptors (Lipinski definition) is 1. The second kappa shape index (κ2) is 9.77. The van der Waals surface area contributed by atoms with Crippen LogP contribution in [-0.2, 0) is 6.42 Å². The average Bonchev–Trinajstić information content (AvgIpc) is 2.42. The Bertz CT molecular complexity index is 350. The topological polar surface area (TPSA) is 12.9 Å². The van der Waals surface area contributed by atoms with E-state index in [1.165, 1.54) is 57.1 Å². The highest BCUT2D eigenvalue weighted by molar-refractivity contribution is 5.60. The number of rotatable bonds is 10. The van der Waals surface area contributed by atoms with Crippen molar-refractivity contribution < 1.29 is 0 Å². The Kier molecular flexibility index (Phi) is 8.20. The number of aromatic nitrogens is 1. The van der Waals surface area contributed by atoms with Crippen molar-refractivity contribution in [2.24, 2.45) is 0 Å². The minimum absolute atomic E-state index is 1.09. The van der Waals surface area contributed by atoms with E-state index in [1.54, 1.807) is 0 Å². The quantitative estimate of drug-likeness (QED) is 0.484. The van der Waals surface area contributed by atoms with Crippen LogP contribution in [0.2, 0.25) is 0 Å². The van der Waals surface area contributed by atoms with Crippen LogP contribution in [0.5, 0.6) is 0 Å². The maximum Gasteiger partial charge on any atom is 0.0404 e. The van der Waals surface area contributed by atoms with Gasteiger partial charge in [-0.1, -0.05) is 64.5 Å². The van der Waals surface area contributed by atoms with Gasteiger partial charge >= 0.3 is 0 Å². The van der Waals surface area contributed by atoms with Crippen LogP contribution in [0.1, 0.15) is 76.5 Å². The first kappa shape index (κ1) is 15.9. The molecule has 0 aliphatic heterocycles. The Morgan fingerprint density at radius 2 is 1.63 bits per heavy atom. The first-order chi connectivity index (χ1) is 9.24. The van der Waals surface area contributed by atoms with Gasteiger partial charge in [-0.25, -0.2) is 0 Å². The predicted molar refractivity (Wildman–Crippen MR) is 85.3 cm³/mol. The molecule has 0 atom stereocenters. The van der Waals surface area contributed by atoms with E-state index in [9.17, 15) is 0 Å². The number of aryl methyl sites for hydroxylation is 1. The van der Waals surface area contributed by atoms with E-state index in [0.717, 1.165) is 17.6 Å². The Morgan fingerprint density at radius 3 is 2.16 bits per heavy atom. The number of unbranched alkanes of at least 4 members (excludes halogenated alkanes) is 7. The van der Waals surface area contributed by atoms with Crippen molar-refractivity contribution in [2.75, 3.05) is 0 Å². The van der Waals surface area contributed by atoms with Gasteiger partial charge in [0, 0.05) is 11.9 Å². The molecule has 0 radical (unpaired) electrons. The lowest BCUT2D eigenvalue weighted by Gasteiger charge is -2.03. The minimum Gasteiger partial charge on any atom is -0.261 e. The highest BCUT2D eigenvalue weighted by Gasteiger charge is 1.97. The molecule has 0 spiro atoms. The van der Waals surface area contributed by atoms with E-state index >= 15 is 0 Å². The molecule has 1 heterocycles. The number of allylic oxidation sites excluding steroid dienone is 1. The molecule has 0 amide bonds. The smallest absolute Gasteiger partial charge is 0.0404 e. The summed E-state index contributed by atoms with van der Waals surface area (Å²) in [5.41, 5.74) is 3.46. The van der Waals surface area contributed by atoms with Gasteiger partial charge in [-0.05, 0) is 37.0 Å². The summed E-state index contributed by atoms with van der Waals surface area (Å²) in [4.78, 5) is 4.50. The molecule has 0 saturated heterocycles. The van der Waals surface area contributed by atoms with E-state index < -0.39 is 0 Å². The molecule has 0 bridgehead atoms. The Morgan fingerprint density at radius 1 is 1.00 bits per heavy atom. The summed E-state index contributed by atoms with van der Waals surface area (Å²) in [7, 11) is 0. The Hall–Kier alpha value is -1.11. The Balaban J connectivity index is 2.07. The summed E-state index contributed by atoms with van der Waals surface area (Å²) in [6.07, 6.45) is 14.0. The predicted octanol–water partition coefficient (Wildman–Crippen LogP) is 5.80. The van der Waals surface area contributed by atoms with Gasteiger partial charge in [0.15, 0.2) is 0 Å². The van der Waals surface area contributed by atoms with Crippen molar-refractivity contribution in [1.82, 2.24) is 4.98 Å². The number of hydrogen-bond donors (Lipinski definition) is 0. The van der Waals surface area contributed by atoms with Crippen LogP contribution >= 0.6 is 0 Å². The fourth-order valence-electron chi connectivity index (χ4n) is 2.26. The summed E-state index contributed by atoms with van der Waals surface area (Å²) in [5, 5.41) is 0. The van der Waals surface area contributed by atoms with Crippen LogP contribution < -0.4 is 0 Å². The zero-order valence-electron chi connectivity index (χ0n) is 12.8. The summed E-state index contributed by atoms with van der Waals surface area (Å²) in [6.45, 7) is 8.23. The van der Waals surface area contributed by atoms with Gasteiger partial charge in [0.2, 0.25) is 0 Å². The third-order valence-corrected chi connectivity index (χ3v) is 3.60. The molecule has 0 N–H and O–H groups in total. The fourth-order valence-corrected chi connectivity index (χ4v) is 2.26. The van der Waals surface area contributed by atoms with Crippen molar-refractivity contribution in [3.05, 3.63) is 36.2 Å². The third kappa shape index (κ3) is 7.15. The lowest BCUT2D eigenvalue weighted by molar-refractivity contribution is 0.574. The molecule has 106 valence electrons. The summed E-state index contributed by atoms with van der Waals surface area (Å²) >= 11 is 0. The molecule has 1 heteroatoms. The molecule has 0 unspecified atom stereocenters. The second-order valence-corrected chi connectivity index (χ2v) is 5.54. The maximum atomic E-state index is 4.50. The van der Waals surface area contributed by atoms with Crippen molar-refractivity contribution in [3.8, 4) is 0 Å². The van der Waals surface area contributed by atoms with Gasteiger partial charge in [-0.15, -0.1) is 0 Å². The molecule has 1 aromatic rings. The van der Waals surface area contributed by atoms with Gasteiger partial charge in [0.05, 0.1) is 0 Å². The zero-order chi connectivity index (χ0) is 13.9. The van der Waals surface area contributed by atoms with Crippen molar-refractivity contribution in [2.45, 2.75) is 71.6 Å². The second-order valence-electron chi connectivity index (χ2n) is 5.54. The Labute approximate surface area is 119 Å². The SMILES string of the molecule is C=C(C)c1ccc(CCCCCCCCCC)nc1. The van der Waals surface area contributed by atoms with Crippen LogP contribution in [0.4, 0.5) is 0 Å². The molecule has 19 heavy (non-hydrogen) atoms. The maximum absolute atomic E-state index is 4.50. The lowest BCUT2D eigenvalue weighted by Crippen LogP contribution is -1.91. The van der Waals surface area contributed by atoms with E-state index in [2.05, 4.69) is 30.6 Å². The monoisotopic (exact) mass is 259 g/mol. The van der Waals surface area contributed by atoms with Crippen molar-refractivity contribution >= 4 is 5.57 Å². The van der Waals surface area contributed by atoms with Crippen molar-refractivity contribution in [3.63, 3.8) is 0 Å². The van der Waals surface area contributed by atoms with Crippen LogP contribution in [-0.4, -0.2) is 4.98 Å². The summed E-state index contributed by atoms with van der Waals surface area (Å²) < 4.78 is 0. The van der Waals surface area contributed by atoms with Crippen LogP contribution in [0.15, 0.2) is 24.9 Å². The zero-order valence-corrected chi connectivity index (χ0v) is 12.8. The molecule has 0 fully saturated rings. The summed E-state index contributed by atoms with van der Waals surface area (Å²) in [5.74, 6) is 0. The van der Waals surface area contributed by atoms with E-state index in [4.69, 9.17) is 0 Å². The minimum atomic E-state index is 1.09. The number of nitrogens with zero attached hydrogens (tertiary/aromatic N) is 1. The van der Waals surface area contributed by atoms with E-state index in [0.29, 0.717) is 0 Å². The molecular formula is C18H29N. The standard InChI is InChI=1S/C18H29N/c1-4-5-6-7-8-9-10-11-12-18-14-13-17(15-19-18)16(2)3/h13-15H,2,4-12H2,1,3H3. The van der Waals surface area contributed by atoms with Crippen molar-refractivity contribution in [1.29, 1.82) is 0 Å². The lowest BCUT2D eigenvalue weighted by atomic mass is 10.1. The molecule has 0 aromatic carbocycles. The van der Waals surface area contributed by atoms with Crippen LogP contribution in [0.25, 0.3) is 5.57 Å². The molecular weight excluding hydrogens is 230 g/mol. The highest BCUT2D eigenvalue weighted by Crippen LogP contribution is 2.13. The van der Waals surface area contributed by atoms with Gasteiger partial charge in [0.25, 0.3) is 0 Å². The van der Waals surface area contributed by atoms with Crippen LogP contribution in [0.3, 0.4) is 0 Å². The first-order valence-electron chi connectivity index (χ1n) is 7.85. The number of pyridine rings is 1. The van der Waals surface area contributed by atoms with Gasteiger partial charge in [0.1, 0.15) is 0 Å². The molecule has 0 aliphatic rings. The largest absolute Gasteiger partial charge is 0.261 e. The molecule has 0 saturated carbocycles. The fraction of sp³-hybridized carbons (Fsp3) is 0.611. The normalized spacial score (nSPS) is 10.6. The molecule has 1 aromatic heterocycles. The van der Waals surface area contributed by atoms with E-state index in [1.807, 2.05) is 13.1 Å². The third-order valence-electron chi connectivity index (χ3n) is 3.60. The highest BCUT2D eigenvalue weighted by atomic mass is 14.7. The summed E-state index contributed by atoms with van der Waals surface area (Å²) in [6, 6.07) is 4.28. The van der Waals surface area contributed by atoms with Gasteiger partial charge in [-0.2, -0.15) is 0 Å². The van der Waals surface area contributed by atoms with Crippen LogP contribution in [0, 0.1) is 0 Å². The van der Waals surface area contributed by atoms with E-state index in [-0.39, 0.29) is 0 Å². The molecule has 0 aliphatic carbocycles.